The molecule has 172 valence electrons. The van der Waals surface area contributed by atoms with E-state index in [0.717, 1.165) is 11.8 Å². The van der Waals surface area contributed by atoms with Crippen LogP contribution in [0.25, 0.3) is 6.08 Å². The fraction of sp³-hybridized carbons (Fsp3) is 0.318. The van der Waals surface area contributed by atoms with Gasteiger partial charge < -0.3 is 5.32 Å². The first-order chi connectivity index (χ1) is 15.1. The van der Waals surface area contributed by atoms with Gasteiger partial charge in [-0.05, 0) is 36.1 Å². The highest BCUT2D eigenvalue weighted by molar-refractivity contribution is 7.92. The Morgan fingerprint density at radius 3 is 2.28 bits per heavy atom. The molecule has 2 aromatic rings. The van der Waals surface area contributed by atoms with E-state index in [0.29, 0.717) is 24.1 Å². The maximum absolute atomic E-state index is 12.6. The zero-order valence-corrected chi connectivity index (χ0v) is 19.4. The second-order valence-electron chi connectivity index (χ2n) is 7.68. The van der Waals surface area contributed by atoms with Gasteiger partial charge in [-0.2, -0.15) is 4.31 Å². The van der Waals surface area contributed by atoms with Crippen LogP contribution in [0.1, 0.15) is 24.0 Å². The molecule has 2 aromatic carbocycles. The number of sulfonamides is 2. The molecule has 0 atom stereocenters. The van der Waals surface area contributed by atoms with Crippen LogP contribution in [-0.2, 0) is 31.4 Å². The van der Waals surface area contributed by atoms with E-state index in [9.17, 15) is 21.6 Å². The van der Waals surface area contributed by atoms with Crippen LogP contribution < -0.4 is 10.0 Å². The number of rotatable bonds is 8. The molecule has 1 aliphatic heterocycles. The normalized spacial score (nSPS) is 16.2. The number of amides is 1. The molecule has 2 N–H and O–H groups in total. The molecule has 3 rings (SSSR count). The number of para-hydroxylation sites is 1. The van der Waals surface area contributed by atoms with E-state index in [1.54, 1.807) is 30.3 Å². The van der Waals surface area contributed by atoms with E-state index in [1.165, 1.54) is 9.71 Å². The van der Waals surface area contributed by atoms with Crippen molar-refractivity contribution < 1.29 is 21.6 Å². The second-order valence-corrected chi connectivity index (χ2v) is 11.2. The Morgan fingerprint density at radius 2 is 1.62 bits per heavy atom. The van der Waals surface area contributed by atoms with Crippen LogP contribution in [-0.4, -0.2) is 46.4 Å². The Hall–Kier alpha value is -2.69. The molecule has 1 aliphatic rings. The van der Waals surface area contributed by atoms with Crippen LogP contribution in [0.15, 0.2) is 60.0 Å². The minimum Gasteiger partial charge on any atom is -0.352 e. The number of piperidine rings is 1. The van der Waals surface area contributed by atoms with E-state index in [2.05, 4.69) is 10.0 Å². The minimum atomic E-state index is -3.55. The Kier molecular flexibility index (Phi) is 7.70. The summed E-state index contributed by atoms with van der Waals surface area (Å²) < 4.78 is 52.0. The van der Waals surface area contributed by atoms with Crippen molar-refractivity contribution in [3.8, 4) is 0 Å². The molecule has 0 bridgehead atoms. The van der Waals surface area contributed by atoms with Crippen LogP contribution in [0.3, 0.4) is 0 Å². The predicted octanol–water partition coefficient (Wildman–Crippen LogP) is 2.39. The van der Waals surface area contributed by atoms with Crippen LogP contribution >= 0.6 is 0 Å². The van der Waals surface area contributed by atoms with Gasteiger partial charge >= 0.3 is 0 Å². The number of carbonyl (C=O) groups excluding carboxylic acids is 1. The number of carbonyl (C=O) groups is 1. The van der Waals surface area contributed by atoms with Crippen LogP contribution in [0.2, 0.25) is 0 Å². The summed E-state index contributed by atoms with van der Waals surface area (Å²) in [6.45, 7) is 0.716. The highest BCUT2D eigenvalue weighted by Crippen LogP contribution is 2.22. The number of hydrogen-bond acceptors (Lipinski definition) is 5. The third kappa shape index (κ3) is 6.91. The average Bonchev–Trinajstić information content (AvgIpc) is 2.77. The van der Waals surface area contributed by atoms with Gasteiger partial charge in [0.15, 0.2) is 0 Å². The van der Waals surface area contributed by atoms with Crippen molar-refractivity contribution in [1.82, 2.24) is 9.62 Å². The molecule has 1 fully saturated rings. The van der Waals surface area contributed by atoms with Gasteiger partial charge in [-0.15, -0.1) is 0 Å². The first-order valence-electron chi connectivity index (χ1n) is 10.2. The van der Waals surface area contributed by atoms with Crippen molar-refractivity contribution in [3.63, 3.8) is 0 Å². The molecule has 0 spiro atoms. The van der Waals surface area contributed by atoms with Gasteiger partial charge in [-0.1, -0.05) is 48.5 Å². The molecule has 1 saturated heterocycles. The summed E-state index contributed by atoms with van der Waals surface area (Å²) in [6.07, 6.45) is 3.48. The average molecular weight is 478 g/mol. The third-order valence-electron chi connectivity index (χ3n) is 5.18. The molecule has 32 heavy (non-hydrogen) atoms. The van der Waals surface area contributed by atoms with E-state index in [4.69, 9.17) is 0 Å². The number of benzene rings is 2. The Morgan fingerprint density at radius 1 is 1.00 bits per heavy atom. The van der Waals surface area contributed by atoms with Crippen LogP contribution in [0, 0.1) is 5.92 Å². The van der Waals surface area contributed by atoms with Gasteiger partial charge in [0.2, 0.25) is 26.0 Å². The highest BCUT2D eigenvalue weighted by atomic mass is 32.2. The largest absolute Gasteiger partial charge is 0.352 e. The molecule has 0 saturated carbocycles. The lowest BCUT2D eigenvalue weighted by atomic mass is 9.97. The quantitative estimate of drug-likeness (QED) is 0.606. The van der Waals surface area contributed by atoms with Crippen molar-refractivity contribution >= 4 is 37.7 Å². The molecule has 0 radical (unpaired) electrons. The summed E-state index contributed by atoms with van der Waals surface area (Å²) in [7, 11) is -6.99. The van der Waals surface area contributed by atoms with Crippen molar-refractivity contribution in [2.24, 2.45) is 5.92 Å². The molecule has 0 aromatic heterocycles. The molecular formula is C22H27N3O5S2. The van der Waals surface area contributed by atoms with Crippen molar-refractivity contribution in [2.45, 2.75) is 19.4 Å². The van der Waals surface area contributed by atoms with Gasteiger partial charge in [0.1, 0.15) is 0 Å². The maximum Gasteiger partial charge on any atom is 0.236 e. The Labute approximate surface area is 189 Å². The lowest BCUT2D eigenvalue weighted by Gasteiger charge is -2.29. The second kappa shape index (κ2) is 10.3. The minimum absolute atomic E-state index is 0.170. The fourth-order valence-electron chi connectivity index (χ4n) is 3.49. The lowest BCUT2D eigenvalue weighted by molar-refractivity contribution is -0.126. The molecule has 0 aliphatic carbocycles. The maximum atomic E-state index is 12.6. The van der Waals surface area contributed by atoms with E-state index in [1.807, 2.05) is 30.3 Å². The molecule has 0 unspecified atom stereocenters. The van der Waals surface area contributed by atoms with E-state index >= 15 is 0 Å². The summed E-state index contributed by atoms with van der Waals surface area (Å²) in [5.41, 5.74) is 1.87. The molecule has 1 heterocycles. The first-order valence-corrected chi connectivity index (χ1v) is 13.6. The van der Waals surface area contributed by atoms with Gasteiger partial charge in [-0.3, -0.25) is 9.52 Å². The van der Waals surface area contributed by atoms with Crippen LogP contribution in [0.5, 0.6) is 0 Å². The molecule has 1 amide bonds. The third-order valence-corrected chi connectivity index (χ3v) is 7.34. The van der Waals surface area contributed by atoms with Gasteiger partial charge in [0, 0.05) is 31.0 Å². The SMILES string of the molecule is CS(=O)(=O)Nc1ccccc1CNC(=O)C1CCN(S(=O)(=O)/C=C/c2ccccc2)CC1. The van der Waals surface area contributed by atoms with Crippen molar-refractivity contribution in [1.29, 1.82) is 0 Å². The topological polar surface area (TPSA) is 113 Å². The summed E-state index contributed by atoms with van der Waals surface area (Å²) >= 11 is 0. The highest BCUT2D eigenvalue weighted by Gasteiger charge is 2.29. The fourth-order valence-corrected chi connectivity index (χ4v) is 5.31. The van der Waals surface area contributed by atoms with Crippen LogP contribution in [0.4, 0.5) is 5.69 Å². The number of hydrogen-bond donors (Lipinski definition) is 2. The Bertz CT molecular complexity index is 1170. The van der Waals surface area contributed by atoms with E-state index < -0.39 is 20.0 Å². The molecule has 8 nitrogen and oxygen atoms in total. The molecular weight excluding hydrogens is 450 g/mol. The molecule has 10 heteroatoms. The van der Waals surface area contributed by atoms with Gasteiger partial charge in [-0.25, -0.2) is 16.8 Å². The zero-order valence-electron chi connectivity index (χ0n) is 17.8. The Balaban J connectivity index is 1.53. The van der Waals surface area contributed by atoms with Crippen molar-refractivity contribution in [2.75, 3.05) is 24.1 Å². The summed E-state index contributed by atoms with van der Waals surface area (Å²) in [4.78, 5) is 12.6. The summed E-state index contributed by atoms with van der Waals surface area (Å²) in [5.74, 6) is -0.467. The van der Waals surface area contributed by atoms with Gasteiger partial charge in [0.25, 0.3) is 0 Å². The number of nitrogens with one attached hydrogen (secondary N) is 2. The number of anilines is 1. The van der Waals surface area contributed by atoms with Crippen molar-refractivity contribution in [3.05, 3.63) is 71.1 Å². The summed E-state index contributed by atoms with van der Waals surface area (Å²) in [6, 6.07) is 16.0. The summed E-state index contributed by atoms with van der Waals surface area (Å²) in [5, 5.41) is 4.04. The zero-order chi connectivity index (χ0) is 23.2. The monoisotopic (exact) mass is 477 g/mol. The van der Waals surface area contributed by atoms with E-state index in [-0.39, 0.29) is 31.5 Å². The smallest absolute Gasteiger partial charge is 0.236 e. The van der Waals surface area contributed by atoms with Gasteiger partial charge in [0.05, 0.1) is 11.9 Å². The first kappa shape index (κ1) is 24.0. The standard InChI is InChI=1S/C22H27N3O5S2/c1-31(27,28)24-21-10-6-5-9-20(21)17-23-22(26)19-11-14-25(15-12-19)32(29,30)16-13-18-7-3-2-4-8-18/h2-10,13,16,19,24H,11-12,14-15,17H2,1H3,(H,23,26)/b16-13+. The predicted molar refractivity (Wildman–Crippen MR) is 125 cm³/mol. The number of nitrogens with zero attached hydrogens (tertiary/aromatic N) is 1. The lowest BCUT2D eigenvalue weighted by Crippen LogP contribution is -2.42.